The first-order valence-corrected chi connectivity index (χ1v) is 6.49. The second-order valence-corrected chi connectivity index (χ2v) is 4.88. The summed E-state index contributed by atoms with van der Waals surface area (Å²) in [5.41, 5.74) is -3.16. The number of H-pyrrole nitrogens is 1. The second-order valence-electron chi connectivity index (χ2n) is 4.88. The molecule has 0 spiro atoms. The quantitative estimate of drug-likeness (QED) is 0.492. The van der Waals surface area contributed by atoms with E-state index in [2.05, 4.69) is 4.98 Å². The molecule has 2 heterocycles. The van der Waals surface area contributed by atoms with Gasteiger partial charge in [0.15, 0.2) is 5.72 Å². The summed E-state index contributed by atoms with van der Waals surface area (Å²) in [4.78, 5) is 25.6. The Morgan fingerprint density at radius 2 is 2.14 bits per heavy atom. The first kappa shape index (κ1) is 15.7. The number of hydrogen-bond acceptors (Lipinski definition) is 7. The van der Waals surface area contributed by atoms with Crippen LogP contribution in [0.3, 0.4) is 0 Å². The third-order valence-electron chi connectivity index (χ3n) is 3.51. The zero-order chi connectivity index (χ0) is 15.8. The number of rotatable bonds is 4. The average molecular weight is 302 g/mol. The molecule has 21 heavy (non-hydrogen) atoms. The molecule has 1 saturated heterocycles. The third-order valence-corrected chi connectivity index (χ3v) is 3.51. The molecule has 9 heteroatoms. The fourth-order valence-corrected chi connectivity index (χ4v) is 2.35. The molecule has 4 N–H and O–H groups in total. The largest absolute Gasteiger partial charge is 0.487 e. The van der Waals surface area contributed by atoms with Crippen LogP contribution in [0.2, 0.25) is 0 Å². The topological polar surface area (TPSA) is 134 Å². The molecule has 0 radical (unpaired) electrons. The van der Waals surface area contributed by atoms with Crippen molar-refractivity contribution in [2.24, 2.45) is 0 Å². The van der Waals surface area contributed by atoms with Gasteiger partial charge in [-0.25, -0.2) is 4.79 Å². The lowest BCUT2D eigenvalue weighted by Crippen LogP contribution is -2.49. The van der Waals surface area contributed by atoms with Crippen LogP contribution in [-0.2, 0) is 10.5 Å². The average Bonchev–Trinajstić information content (AvgIpc) is 2.67. The summed E-state index contributed by atoms with van der Waals surface area (Å²) >= 11 is 0. The molecule has 0 aliphatic carbocycles. The van der Waals surface area contributed by atoms with E-state index < -0.39 is 41.9 Å². The van der Waals surface area contributed by atoms with Crippen LogP contribution in [0.1, 0.15) is 13.8 Å². The molecule has 118 valence electrons. The van der Waals surface area contributed by atoms with Crippen molar-refractivity contribution in [1.82, 2.24) is 9.55 Å². The number of aromatic amines is 1. The Hall–Kier alpha value is -1.68. The first-order valence-electron chi connectivity index (χ1n) is 6.49. The number of hydrogen-bond donors (Lipinski definition) is 4. The highest BCUT2D eigenvalue weighted by Gasteiger charge is 2.52. The van der Waals surface area contributed by atoms with E-state index in [9.17, 15) is 19.8 Å². The van der Waals surface area contributed by atoms with Crippen LogP contribution >= 0.6 is 0 Å². The van der Waals surface area contributed by atoms with Crippen molar-refractivity contribution in [3.05, 3.63) is 27.0 Å². The first-order chi connectivity index (χ1) is 9.85. The van der Waals surface area contributed by atoms with E-state index in [-0.39, 0.29) is 12.4 Å². The van der Waals surface area contributed by atoms with E-state index >= 15 is 0 Å². The molecule has 9 nitrogen and oxygen atoms in total. The van der Waals surface area contributed by atoms with Gasteiger partial charge in [0.2, 0.25) is 5.75 Å². The van der Waals surface area contributed by atoms with E-state index in [1.165, 1.54) is 6.92 Å². The van der Waals surface area contributed by atoms with Crippen LogP contribution in [-0.4, -0.2) is 56.4 Å². The van der Waals surface area contributed by atoms with Crippen molar-refractivity contribution in [2.45, 2.75) is 37.9 Å². The van der Waals surface area contributed by atoms with Gasteiger partial charge in [-0.05, 0) is 13.8 Å². The molecule has 1 aromatic heterocycles. The molecule has 0 unspecified atom stereocenters. The van der Waals surface area contributed by atoms with Crippen molar-refractivity contribution in [1.29, 1.82) is 0 Å². The fraction of sp³-hybridized carbons (Fsp3) is 0.667. The van der Waals surface area contributed by atoms with Gasteiger partial charge in [-0.15, -0.1) is 0 Å². The standard InChI is InChI=1S/C12H18N2O7/c1-3-20-6-4-14(11(19)13-10(6)18)12(2)9(17)8(16)7(5-15)21-12/h4,7-9,15-17H,3,5H2,1-2H3,(H,13,18,19)/t7-,8-,9-,12-/m1/s1. The van der Waals surface area contributed by atoms with Gasteiger partial charge in [0, 0.05) is 0 Å². The van der Waals surface area contributed by atoms with Gasteiger partial charge in [0.05, 0.1) is 19.4 Å². The molecule has 1 aliphatic rings. The predicted octanol–water partition coefficient (Wildman–Crippen LogP) is -2.28. The number of aliphatic hydroxyl groups is 3. The van der Waals surface area contributed by atoms with Crippen LogP contribution in [0.25, 0.3) is 0 Å². The van der Waals surface area contributed by atoms with Crippen molar-refractivity contribution >= 4 is 0 Å². The minimum atomic E-state index is -1.64. The molecule has 4 atom stereocenters. The van der Waals surface area contributed by atoms with E-state index in [1.807, 2.05) is 0 Å². The lowest BCUT2D eigenvalue weighted by molar-refractivity contribution is -0.137. The molecule has 1 fully saturated rings. The van der Waals surface area contributed by atoms with Gasteiger partial charge >= 0.3 is 5.69 Å². The molecule has 0 saturated carbocycles. The molecular weight excluding hydrogens is 284 g/mol. The monoisotopic (exact) mass is 302 g/mol. The molecule has 0 bridgehead atoms. The maximum Gasteiger partial charge on any atom is 0.330 e. The van der Waals surface area contributed by atoms with Crippen molar-refractivity contribution < 1.29 is 24.8 Å². The molecular formula is C12H18N2O7. The Bertz CT molecular complexity index is 625. The SMILES string of the molecule is CCOc1cn([C@]2(C)O[C@H](CO)[C@@H](O)[C@H]2O)c(=O)[nH]c1=O. The normalized spacial score (nSPS) is 32.3. The van der Waals surface area contributed by atoms with Gasteiger partial charge in [-0.1, -0.05) is 0 Å². The minimum absolute atomic E-state index is 0.115. The Labute approximate surface area is 119 Å². The lowest BCUT2D eigenvalue weighted by Gasteiger charge is -2.29. The maximum atomic E-state index is 12.0. The van der Waals surface area contributed by atoms with Gasteiger partial charge in [0.1, 0.15) is 18.3 Å². The summed E-state index contributed by atoms with van der Waals surface area (Å²) < 4.78 is 11.4. The van der Waals surface area contributed by atoms with Crippen LogP contribution in [0, 0.1) is 0 Å². The van der Waals surface area contributed by atoms with Crippen LogP contribution in [0.4, 0.5) is 0 Å². The molecule has 2 rings (SSSR count). The maximum absolute atomic E-state index is 12.0. The van der Waals surface area contributed by atoms with Gasteiger partial charge in [-0.3, -0.25) is 14.3 Å². The summed E-state index contributed by atoms with van der Waals surface area (Å²) in [5.74, 6) is -0.115. The summed E-state index contributed by atoms with van der Waals surface area (Å²) in [7, 11) is 0. The zero-order valence-electron chi connectivity index (χ0n) is 11.6. The Balaban J connectivity index is 2.53. The smallest absolute Gasteiger partial charge is 0.330 e. The number of aliphatic hydroxyl groups excluding tert-OH is 3. The van der Waals surface area contributed by atoms with Crippen molar-refractivity contribution in [3.63, 3.8) is 0 Å². The van der Waals surface area contributed by atoms with Gasteiger partial charge in [-0.2, -0.15) is 0 Å². The summed E-state index contributed by atoms with van der Waals surface area (Å²) in [6.45, 7) is 2.72. The Morgan fingerprint density at radius 3 is 2.67 bits per heavy atom. The van der Waals surface area contributed by atoms with E-state index in [0.717, 1.165) is 10.8 Å². The van der Waals surface area contributed by atoms with Gasteiger partial charge < -0.3 is 24.8 Å². The molecule has 1 aromatic rings. The molecule has 0 aromatic carbocycles. The number of ether oxygens (including phenoxy) is 2. The van der Waals surface area contributed by atoms with E-state index in [1.54, 1.807) is 6.92 Å². The highest BCUT2D eigenvalue weighted by Crippen LogP contribution is 2.34. The van der Waals surface area contributed by atoms with Crippen molar-refractivity contribution in [3.8, 4) is 5.75 Å². The predicted molar refractivity (Wildman–Crippen MR) is 70.1 cm³/mol. The Kier molecular flexibility index (Phi) is 4.19. The highest BCUT2D eigenvalue weighted by atomic mass is 16.6. The minimum Gasteiger partial charge on any atom is -0.487 e. The zero-order valence-corrected chi connectivity index (χ0v) is 11.6. The van der Waals surface area contributed by atoms with E-state index in [4.69, 9.17) is 14.6 Å². The lowest BCUT2D eigenvalue weighted by atomic mass is 10.0. The summed E-state index contributed by atoms with van der Waals surface area (Å²) in [6.07, 6.45) is -2.76. The summed E-state index contributed by atoms with van der Waals surface area (Å²) in [5, 5.41) is 29.0. The number of nitrogens with one attached hydrogen (secondary N) is 1. The van der Waals surface area contributed by atoms with Crippen LogP contribution in [0.15, 0.2) is 15.8 Å². The number of aromatic nitrogens is 2. The van der Waals surface area contributed by atoms with E-state index in [0.29, 0.717) is 0 Å². The van der Waals surface area contributed by atoms with Crippen LogP contribution in [0.5, 0.6) is 5.75 Å². The molecule has 1 aliphatic heterocycles. The highest BCUT2D eigenvalue weighted by molar-refractivity contribution is 5.14. The third kappa shape index (κ3) is 2.48. The summed E-state index contributed by atoms with van der Waals surface area (Å²) in [6, 6.07) is 0. The van der Waals surface area contributed by atoms with Gasteiger partial charge in [0.25, 0.3) is 5.56 Å². The number of nitrogens with zero attached hydrogens (tertiary/aromatic N) is 1. The van der Waals surface area contributed by atoms with Crippen LogP contribution < -0.4 is 16.0 Å². The second kappa shape index (κ2) is 5.60. The Morgan fingerprint density at radius 1 is 1.48 bits per heavy atom. The molecule has 0 amide bonds. The fourth-order valence-electron chi connectivity index (χ4n) is 2.35. The van der Waals surface area contributed by atoms with Crippen molar-refractivity contribution in [2.75, 3.05) is 13.2 Å².